The van der Waals surface area contributed by atoms with Gasteiger partial charge in [-0.1, -0.05) is 0 Å². The van der Waals surface area contributed by atoms with Crippen LogP contribution in [0.2, 0.25) is 0 Å². The number of hydrogen-bond donors (Lipinski definition) is 4. The van der Waals surface area contributed by atoms with E-state index in [1.807, 2.05) is 0 Å². The van der Waals surface area contributed by atoms with Gasteiger partial charge in [0.05, 0.1) is 13.0 Å². The lowest BCUT2D eigenvalue weighted by Gasteiger charge is -2.31. The van der Waals surface area contributed by atoms with Crippen molar-refractivity contribution in [2.45, 2.75) is 30.5 Å². The summed E-state index contributed by atoms with van der Waals surface area (Å²) in [6, 6.07) is 4.45. The fraction of sp³-hybridized carbons (Fsp3) is 0.450. The summed E-state index contributed by atoms with van der Waals surface area (Å²) in [6.07, 6.45) is -2.56. The summed E-state index contributed by atoms with van der Waals surface area (Å²) in [6.45, 7) is 0.681. The third-order valence-corrected chi connectivity index (χ3v) is 6.68. The third kappa shape index (κ3) is 5.56. The molecule has 2 atom stereocenters. The highest BCUT2D eigenvalue weighted by Gasteiger charge is 2.36. The quantitative estimate of drug-likeness (QED) is 0.450. The van der Waals surface area contributed by atoms with Crippen molar-refractivity contribution in [3.63, 3.8) is 0 Å². The molecule has 2 aromatic rings. The van der Waals surface area contributed by atoms with Crippen LogP contribution in [0.3, 0.4) is 0 Å². The molecule has 1 fully saturated rings. The van der Waals surface area contributed by atoms with Gasteiger partial charge in [0, 0.05) is 43.0 Å². The van der Waals surface area contributed by atoms with Crippen LogP contribution in [-0.2, 0) is 32.0 Å². The summed E-state index contributed by atoms with van der Waals surface area (Å²) in [5.74, 6) is -0.642. The molecular formula is C20H23F3N6O4S. The van der Waals surface area contributed by atoms with E-state index in [1.54, 1.807) is 18.2 Å². The predicted molar refractivity (Wildman–Crippen MR) is 119 cm³/mol. The molecule has 0 spiro atoms. The molecule has 0 radical (unpaired) electrons. The lowest BCUT2D eigenvalue weighted by Crippen LogP contribution is -2.52. The van der Waals surface area contributed by atoms with Gasteiger partial charge in [-0.05, 0) is 30.2 Å². The van der Waals surface area contributed by atoms with Crippen LogP contribution in [0.1, 0.15) is 17.5 Å². The Labute approximate surface area is 193 Å². The molecule has 14 heteroatoms. The molecule has 4 N–H and O–H groups in total. The molecule has 0 aliphatic carbocycles. The van der Waals surface area contributed by atoms with E-state index in [2.05, 4.69) is 31.2 Å². The van der Waals surface area contributed by atoms with E-state index < -0.39 is 38.9 Å². The number of alkyl halides is 3. The zero-order chi connectivity index (χ0) is 24.5. The molecule has 1 aromatic heterocycles. The molecule has 0 saturated carbocycles. The second kappa shape index (κ2) is 9.35. The largest absolute Gasteiger partial charge is 0.421 e. The summed E-state index contributed by atoms with van der Waals surface area (Å²) in [7, 11) is -3.50. The average Bonchev–Trinajstić information content (AvgIpc) is 3.12. The normalized spacial score (nSPS) is 20.5. The first-order valence-corrected chi connectivity index (χ1v) is 12.4. The van der Waals surface area contributed by atoms with Gasteiger partial charge in [0.15, 0.2) is 15.3 Å². The highest BCUT2D eigenvalue weighted by molar-refractivity contribution is 7.91. The number of amides is 1. The number of rotatable bonds is 7. The number of nitrogens with zero attached hydrogens (tertiary/aromatic N) is 2. The van der Waals surface area contributed by atoms with Crippen LogP contribution in [0.4, 0.5) is 36.3 Å². The minimum atomic E-state index is -4.69. The van der Waals surface area contributed by atoms with Crippen LogP contribution >= 0.6 is 0 Å². The maximum atomic E-state index is 13.5. The number of anilines is 4. The minimum Gasteiger partial charge on any atom is -0.369 e. The number of halogens is 3. The van der Waals surface area contributed by atoms with Crippen LogP contribution < -0.4 is 21.3 Å². The second-order valence-electron chi connectivity index (χ2n) is 8.02. The van der Waals surface area contributed by atoms with Crippen molar-refractivity contribution in [2.75, 3.05) is 41.9 Å². The molecule has 1 saturated heterocycles. The number of aromatic nitrogens is 2. The first-order chi connectivity index (χ1) is 16.0. The number of benzene rings is 1. The van der Waals surface area contributed by atoms with E-state index in [0.29, 0.717) is 24.1 Å². The lowest BCUT2D eigenvalue weighted by molar-refractivity contribution is -0.137. The summed E-state index contributed by atoms with van der Waals surface area (Å²) >= 11 is 0. The van der Waals surface area contributed by atoms with Crippen LogP contribution in [0.25, 0.3) is 0 Å². The van der Waals surface area contributed by atoms with Crippen molar-refractivity contribution in [1.29, 1.82) is 0 Å². The van der Waals surface area contributed by atoms with E-state index in [4.69, 9.17) is 4.74 Å². The zero-order valence-electron chi connectivity index (χ0n) is 18.1. The SMILES string of the molecule is CS(=O)(=O)[C@H]1OCCNC1CCNc1nc(Nc2ccc3c(c2)CC(=O)N3)ncc1C(F)(F)F. The molecular weight excluding hydrogens is 477 g/mol. The molecule has 34 heavy (non-hydrogen) atoms. The van der Waals surface area contributed by atoms with Gasteiger partial charge in [-0.3, -0.25) is 4.79 Å². The number of carbonyl (C=O) groups excluding carboxylic acids is 1. The van der Waals surface area contributed by atoms with E-state index in [9.17, 15) is 26.4 Å². The number of ether oxygens (including phenoxy) is 1. The molecule has 1 amide bonds. The molecule has 3 heterocycles. The molecule has 4 rings (SSSR count). The molecule has 1 aromatic carbocycles. The Kier molecular flexibility index (Phi) is 6.64. The van der Waals surface area contributed by atoms with Gasteiger partial charge in [0.1, 0.15) is 11.4 Å². The van der Waals surface area contributed by atoms with Gasteiger partial charge in [0.25, 0.3) is 0 Å². The summed E-state index contributed by atoms with van der Waals surface area (Å²) in [4.78, 5) is 19.3. The fourth-order valence-electron chi connectivity index (χ4n) is 3.86. The number of hydrogen-bond acceptors (Lipinski definition) is 9. The highest BCUT2D eigenvalue weighted by atomic mass is 32.2. The number of morpholine rings is 1. The van der Waals surface area contributed by atoms with Crippen LogP contribution in [-0.4, -0.2) is 61.7 Å². The van der Waals surface area contributed by atoms with Gasteiger partial charge in [0.2, 0.25) is 11.9 Å². The first kappa shape index (κ1) is 24.2. The number of sulfone groups is 1. The van der Waals surface area contributed by atoms with Crippen LogP contribution in [0, 0.1) is 0 Å². The predicted octanol–water partition coefficient (Wildman–Crippen LogP) is 1.89. The monoisotopic (exact) mass is 500 g/mol. The van der Waals surface area contributed by atoms with Crippen molar-refractivity contribution in [3.05, 3.63) is 35.5 Å². The summed E-state index contributed by atoms with van der Waals surface area (Å²) in [5.41, 5.74) is -0.175. The topological polar surface area (TPSA) is 134 Å². The van der Waals surface area contributed by atoms with E-state index >= 15 is 0 Å². The van der Waals surface area contributed by atoms with E-state index in [1.165, 1.54) is 0 Å². The van der Waals surface area contributed by atoms with E-state index in [-0.39, 0.29) is 37.8 Å². The summed E-state index contributed by atoms with van der Waals surface area (Å²) < 4.78 is 69.7. The molecule has 2 aliphatic heterocycles. The maximum absolute atomic E-state index is 13.5. The standard InChI is InChI=1S/C20H23F3N6O4S/c1-34(31,32)18-15(24-6-7-33-18)4-5-25-17-13(20(21,22)23)10-26-19(29-17)27-12-2-3-14-11(8-12)9-16(30)28-14/h2-3,8,10,15,18,24H,4-7,9H2,1H3,(H,28,30)(H2,25,26,27,29)/t15?,18-/m1/s1. The smallest absolute Gasteiger partial charge is 0.369 e. The Bertz CT molecular complexity index is 1190. The van der Waals surface area contributed by atoms with Gasteiger partial charge in [-0.2, -0.15) is 18.2 Å². The van der Waals surface area contributed by atoms with Gasteiger partial charge in [-0.25, -0.2) is 13.4 Å². The Morgan fingerprint density at radius 2 is 2.09 bits per heavy atom. The number of carbonyl (C=O) groups is 1. The van der Waals surface area contributed by atoms with Crippen molar-refractivity contribution < 1.29 is 31.1 Å². The molecule has 10 nitrogen and oxygen atoms in total. The van der Waals surface area contributed by atoms with Crippen molar-refractivity contribution >= 4 is 38.9 Å². The average molecular weight is 501 g/mol. The van der Waals surface area contributed by atoms with Gasteiger partial charge >= 0.3 is 6.18 Å². The van der Waals surface area contributed by atoms with Crippen molar-refractivity contribution in [3.8, 4) is 0 Å². The van der Waals surface area contributed by atoms with Crippen molar-refractivity contribution in [2.24, 2.45) is 0 Å². The number of fused-ring (bicyclic) bond motifs is 1. The maximum Gasteiger partial charge on any atom is 0.421 e. The zero-order valence-corrected chi connectivity index (χ0v) is 18.9. The Balaban J connectivity index is 1.49. The molecule has 2 aliphatic rings. The Morgan fingerprint density at radius 1 is 1.29 bits per heavy atom. The molecule has 1 unspecified atom stereocenters. The minimum absolute atomic E-state index is 0.0131. The van der Waals surface area contributed by atoms with Crippen LogP contribution in [0.15, 0.2) is 24.4 Å². The molecule has 0 bridgehead atoms. The Hall–Kier alpha value is -2.97. The van der Waals surface area contributed by atoms with Gasteiger partial charge < -0.3 is 26.0 Å². The summed E-state index contributed by atoms with van der Waals surface area (Å²) in [5, 5.41) is 11.2. The number of nitrogens with one attached hydrogen (secondary N) is 4. The molecule has 184 valence electrons. The van der Waals surface area contributed by atoms with Gasteiger partial charge in [-0.15, -0.1) is 0 Å². The second-order valence-corrected chi connectivity index (χ2v) is 10.1. The Morgan fingerprint density at radius 3 is 2.82 bits per heavy atom. The van der Waals surface area contributed by atoms with Crippen molar-refractivity contribution in [1.82, 2.24) is 15.3 Å². The highest BCUT2D eigenvalue weighted by Crippen LogP contribution is 2.34. The lowest BCUT2D eigenvalue weighted by atomic mass is 10.1. The van der Waals surface area contributed by atoms with E-state index in [0.717, 1.165) is 11.8 Å². The first-order valence-electron chi connectivity index (χ1n) is 10.4. The fourth-order valence-corrected chi connectivity index (χ4v) is 5.03. The third-order valence-electron chi connectivity index (χ3n) is 5.37. The van der Waals surface area contributed by atoms with Crippen LogP contribution in [0.5, 0.6) is 0 Å².